The number of rotatable bonds is 5. The van der Waals surface area contributed by atoms with E-state index in [2.05, 4.69) is 24.3 Å². The minimum absolute atomic E-state index is 0.0390. The van der Waals surface area contributed by atoms with Crippen LogP contribution in [0.25, 0.3) is 22.3 Å². The van der Waals surface area contributed by atoms with Gasteiger partial charge in [-0.2, -0.15) is 0 Å². The van der Waals surface area contributed by atoms with Crippen molar-refractivity contribution in [3.05, 3.63) is 82.3 Å². The maximum absolute atomic E-state index is 13.5. The smallest absolute Gasteiger partial charge is 0.250 e. The molecule has 1 unspecified atom stereocenters. The average molecular weight is 515 g/mol. The van der Waals surface area contributed by atoms with Crippen LogP contribution in [0.1, 0.15) is 24.8 Å². The van der Waals surface area contributed by atoms with E-state index in [0.717, 1.165) is 22.3 Å². The summed E-state index contributed by atoms with van der Waals surface area (Å²) in [5, 5.41) is 1.02. The molecule has 0 aromatic heterocycles. The largest absolute Gasteiger partial charge is 0.337 e. The Bertz CT molecular complexity index is 1180. The van der Waals surface area contributed by atoms with Crippen LogP contribution in [0.15, 0.2) is 66.7 Å². The number of amides is 1. The van der Waals surface area contributed by atoms with Crippen LogP contribution in [0.2, 0.25) is 10.0 Å². The van der Waals surface area contributed by atoms with Gasteiger partial charge in [0.15, 0.2) is 0 Å². The van der Waals surface area contributed by atoms with Crippen LogP contribution in [-0.2, 0) is 11.3 Å². The van der Waals surface area contributed by atoms with Gasteiger partial charge < -0.3 is 4.90 Å². The summed E-state index contributed by atoms with van der Waals surface area (Å²) in [6.45, 7) is 1.36. The van der Waals surface area contributed by atoms with E-state index in [-0.39, 0.29) is 37.9 Å². The molecule has 2 aliphatic rings. The normalized spacial score (nSPS) is 20.4. The molecule has 2 heterocycles. The number of halogens is 4. The van der Waals surface area contributed by atoms with Gasteiger partial charge in [-0.1, -0.05) is 77.8 Å². The number of nitrogens with zero attached hydrogens (tertiary/aromatic N) is 2. The number of hydrogen-bond acceptors (Lipinski definition) is 2. The zero-order valence-corrected chi connectivity index (χ0v) is 20.7. The van der Waals surface area contributed by atoms with Gasteiger partial charge in [-0.05, 0) is 40.8 Å². The summed E-state index contributed by atoms with van der Waals surface area (Å²) < 4.78 is 27.0. The highest BCUT2D eigenvalue weighted by Crippen LogP contribution is 2.35. The van der Waals surface area contributed by atoms with Crippen molar-refractivity contribution >= 4 is 29.1 Å². The topological polar surface area (TPSA) is 23.6 Å². The average Bonchev–Trinajstić information content (AvgIpc) is 3.22. The molecule has 0 spiro atoms. The van der Waals surface area contributed by atoms with E-state index in [9.17, 15) is 13.6 Å². The summed E-state index contributed by atoms with van der Waals surface area (Å²) in [5.41, 5.74) is 4.89. The number of hydrogen-bond donors (Lipinski definition) is 0. The zero-order chi connectivity index (χ0) is 24.6. The Morgan fingerprint density at radius 1 is 0.800 bits per heavy atom. The van der Waals surface area contributed by atoms with Crippen molar-refractivity contribution < 1.29 is 13.6 Å². The molecule has 0 N–H and O–H groups in total. The lowest BCUT2D eigenvalue weighted by molar-refractivity contribution is -0.135. The molecular formula is C28H26Cl2F2N2O. The number of piperidine rings is 1. The predicted molar refractivity (Wildman–Crippen MR) is 137 cm³/mol. The molecule has 0 bridgehead atoms. The summed E-state index contributed by atoms with van der Waals surface area (Å²) in [4.78, 5) is 16.7. The molecule has 3 aromatic carbocycles. The first-order valence-electron chi connectivity index (χ1n) is 11.9. The SMILES string of the molecule is O=C1C(N2CCC(F)(F)CC2)CCN1Cc1c(Cl)cc(-c2ccc(-c3ccccc3)cc2)cc1Cl. The molecule has 35 heavy (non-hydrogen) atoms. The van der Waals surface area contributed by atoms with Crippen molar-refractivity contribution in [2.75, 3.05) is 19.6 Å². The fraction of sp³-hybridized carbons (Fsp3) is 0.321. The van der Waals surface area contributed by atoms with Crippen molar-refractivity contribution in [2.45, 2.75) is 37.8 Å². The predicted octanol–water partition coefficient (Wildman–Crippen LogP) is 7.16. The van der Waals surface area contributed by atoms with E-state index >= 15 is 0 Å². The molecule has 1 amide bonds. The summed E-state index contributed by atoms with van der Waals surface area (Å²) in [5.74, 6) is -2.66. The Morgan fingerprint density at radius 2 is 1.34 bits per heavy atom. The van der Waals surface area contributed by atoms with Crippen LogP contribution in [-0.4, -0.2) is 47.3 Å². The minimum atomic E-state index is -2.62. The first-order chi connectivity index (χ1) is 16.8. The minimum Gasteiger partial charge on any atom is -0.337 e. The van der Waals surface area contributed by atoms with Crippen molar-refractivity contribution in [2.24, 2.45) is 0 Å². The van der Waals surface area contributed by atoms with Gasteiger partial charge in [-0.25, -0.2) is 8.78 Å². The molecule has 3 nitrogen and oxygen atoms in total. The van der Waals surface area contributed by atoms with Gasteiger partial charge in [0.05, 0.1) is 6.04 Å². The molecule has 5 rings (SSSR count). The lowest BCUT2D eigenvalue weighted by Gasteiger charge is -2.34. The summed E-state index contributed by atoms with van der Waals surface area (Å²) in [7, 11) is 0. The highest BCUT2D eigenvalue weighted by atomic mass is 35.5. The van der Waals surface area contributed by atoms with Crippen LogP contribution in [0.3, 0.4) is 0 Å². The van der Waals surface area contributed by atoms with E-state index in [1.165, 1.54) is 0 Å². The number of carbonyl (C=O) groups excluding carboxylic acids is 1. The zero-order valence-electron chi connectivity index (χ0n) is 19.2. The molecule has 7 heteroatoms. The third-order valence-corrected chi connectivity index (χ3v) is 7.73. The van der Waals surface area contributed by atoms with Crippen LogP contribution in [0.5, 0.6) is 0 Å². The Kier molecular flexibility index (Phi) is 6.84. The molecule has 2 aliphatic heterocycles. The van der Waals surface area contributed by atoms with Gasteiger partial charge in [0.1, 0.15) is 0 Å². The lowest BCUT2D eigenvalue weighted by atomic mass is 9.99. The number of likely N-dealkylation sites (tertiary alicyclic amines) is 2. The van der Waals surface area contributed by atoms with Gasteiger partial charge in [-0.3, -0.25) is 9.69 Å². The van der Waals surface area contributed by atoms with Gasteiger partial charge in [0.2, 0.25) is 5.91 Å². The Hall–Kier alpha value is -2.47. The number of carbonyl (C=O) groups is 1. The Labute approximate surface area is 214 Å². The van der Waals surface area contributed by atoms with E-state index < -0.39 is 5.92 Å². The first kappa shape index (κ1) is 24.2. The van der Waals surface area contributed by atoms with E-state index in [1.807, 2.05) is 47.4 Å². The molecule has 0 radical (unpaired) electrons. The number of benzene rings is 3. The maximum atomic E-state index is 13.5. The van der Waals surface area contributed by atoms with Gasteiger partial charge in [0.25, 0.3) is 5.92 Å². The molecule has 0 saturated carbocycles. The maximum Gasteiger partial charge on any atom is 0.250 e. The van der Waals surface area contributed by atoms with Crippen molar-refractivity contribution in [1.82, 2.24) is 9.80 Å². The van der Waals surface area contributed by atoms with Crippen LogP contribution < -0.4 is 0 Å². The number of alkyl halides is 2. The van der Waals surface area contributed by atoms with Crippen molar-refractivity contribution in [3.63, 3.8) is 0 Å². The quantitative estimate of drug-likeness (QED) is 0.360. The standard InChI is InChI=1S/C28H26Cl2F2N2O/c29-24-16-22(21-8-6-20(7-9-21)19-4-2-1-3-5-19)17-25(30)23(24)18-34-13-10-26(27(34)35)33-14-11-28(31,32)12-15-33/h1-9,16-17,26H,10-15,18H2. The molecular weight excluding hydrogens is 489 g/mol. The van der Waals surface area contributed by atoms with E-state index in [4.69, 9.17) is 23.2 Å². The van der Waals surface area contributed by atoms with E-state index in [1.54, 1.807) is 4.90 Å². The van der Waals surface area contributed by atoms with Gasteiger partial charge in [0, 0.05) is 54.6 Å². The molecule has 3 aromatic rings. The third-order valence-electron chi connectivity index (χ3n) is 7.05. The molecule has 182 valence electrons. The van der Waals surface area contributed by atoms with Crippen LogP contribution in [0, 0.1) is 0 Å². The Balaban J connectivity index is 1.28. The van der Waals surface area contributed by atoms with E-state index in [0.29, 0.717) is 35.1 Å². The Morgan fingerprint density at radius 3 is 1.94 bits per heavy atom. The second-order valence-electron chi connectivity index (χ2n) is 9.32. The van der Waals surface area contributed by atoms with Crippen LogP contribution in [0.4, 0.5) is 8.78 Å². The second kappa shape index (κ2) is 9.88. The highest BCUT2D eigenvalue weighted by molar-refractivity contribution is 6.36. The monoisotopic (exact) mass is 514 g/mol. The second-order valence-corrected chi connectivity index (χ2v) is 10.1. The van der Waals surface area contributed by atoms with Crippen LogP contribution >= 0.6 is 23.2 Å². The molecule has 0 aliphatic carbocycles. The first-order valence-corrected chi connectivity index (χ1v) is 12.6. The van der Waals surface area contributed by atoms with Gasteiger partial charge in [-0.15, -0.1) is 0 Å². The summed E-state index contributed by atoms with van der Waals surface area (Å²) in [6, 6.07) is 21.8. The highest BCUT2D eigenvalue weighted by Gasteiger charge is 2.41. The van der Waals surface area contributed by atoms with Gasteiger partial charge >= 0.3 is 0 Å². The van der Waals surface area contributed by atoms with Crippen molar-refractivity contribution in [3.8, 4) is 22.3 Å². The summed E-state index contributed by atoms with van der Waals surface area (Å²) >= 11 is 13.3. The summed E-state index contributed by atoms with van der Waals surface area (Å²) in [6.07, 6.45) is 0.246. The lowest BCUT2D eigenvalue weighted by Crippen LogP contribution is -2.48. The fourth-order valence-electron chi connectivity index (χ4n) is 4.98. The van der Waals surface area contributed by atoms with Crippen molar-refractivity contribution in [1.29, 1.82) is 0 Å². The third kappa shape index (κ3) is 5.23. The fourth-order valence-corrected chi connectivity index (χ4v) is 5.59. The molecule has 2 saturated heterocycles. The molecule has 1 atom stereocenters. The molecule has 2 fully saturated rings.